The van der Waals surface area contributed by atoms with Crippen molar-refractivity contribution in [1.82, 2.24) is 19.7 Å². The van der Waals surface area contributed by atoms with E-state index in [1.54, 1.807) is 11.0 Å². The lowest BCUT2D eigenvalue weighted by Gasteiger charge is -2.28. The van der Waals surface area contributed by atoms with Gasteiger partial charge in [0.25, 0.3) is 5.91 Å². The summed E-state index contributed by atoms with van der Waals surface area (Å²) in [5, 5.41) is 9.04. The Morgan fingerprint density at radius 3 is 2.78 bits per heavy atom. The van der Waals surface area contributed by atoms with Crippen LogP contribution >= 0.6 is 11.6 Å². The van der Waals surface area contributed by atoms with Crippen molar-refractivity contribution in [2.24, 2.45) is 5.92 Å². The van der Waals surface area contributed by atoms with Crippen LogP contribution in [0.2, 0.25) is 5.02 Å². The average Bonchev–Trinajstić information content (AvgIpc) is 2.88. The second-order valence-electron chi connectivity index (χ2n) is 6.49. The zero-order valence-corrected chi connectivity index (χ0v) is 14.5. The highest BCUT2D eigenvalue weighted by Gasteiger charge is 2.26. The van der Waals surface area contributed by atoms with Gasteiger partial charge in [-0.25, -0.2) is 0 Å². The molecule has 5 nitrogen and oxygen atoms in total. The summed E-state index contributed by atoms with van der Waals surface area (Å²) in [5.41, 5.74) is 1.59. The Morgan fingerprint density at radius 1 is 1.30 bits per heavy atom. The molecule has 2 aromatic rings. The first-order chi connectivity index (χ1) is 11.0. The van der Waals surface area contributed by atoms with Gasteiger partial charge in [-0.2, -0.15) is 0 Å². The van der Waals surface area contributed by atoms with Gasteiger partial charge in [-0.1, -0.05) is 31.5 Å². The summed E-state index contributed by atoms with van der Waals surface area (Å²) in [6.07, 6.45) is 0.907. The van der Waals surface area contributed by atoms with Crippen LogP contribution in [-0.2, 0) is 19.5 Å². The van der Waals surface area contributed by atoms with Crippen LogP contribution in [0.25, 0.3) is 0 Å². The lowest BCUT2D eigenvalue weighted by molar-refractivity contribution is 0.0706. The van der Waals surface area contributed by atoms with Crippen molar-refractivity contribution in [3.63, 3.8) is 0 Å². The summed E-state index contributed by atoms with van der Waals surface area (Å²) < 4.78 is 2.14. The number of aromatic nitrogens is 3. The van der Waals surface area contributed by atoms with E-state index in [-0.39, 0.29) is 5.91 Å². The van der Waals surface area contributed by atoms with Crippen molar-refractivity contribution in [3.8, 4) is 0 Å². The van der Waals surface area contributed by atoms with Gasteiger partial charge in [0, 0.05) is 19.5 Å². The summed E-state index contributed by atoms with van der Waals surface area (Å²) in [7, 11) is 0. The molecule has 0 N–H and O–H groups in total. The number of amides is 1. The van der Waals surface area contributed by atoms with Crippen molar-refractivity contribution in [3.05, 3.63) is 46.0 Å². The van der Waals surface area contributed by atoms with E-state index in [1.165, 1.54) is 0 Å². The number of benzene rings is 1. The van der Waals surface area contributed by atoms with E-state index in [4.69, 9.17) is 11.6 Å². The smallest absolute Gasteiger partial charge is 0.255 e. The molecule has 1 aliphatic heterocycles. The largest absolute Gasteiger partial charge is 0.329 e. The van der Waals surface area contributed by atoms with E-state index in [9.17, 15) is 4.79 Å². The summed E-state index contributed by atoms with van der Waals surface area (Å²) in [6.45, 7) is 8.16. The lowest BCUT2D eigenvalue weighted by Crippen LogP contribution is -2.39. The number of nitrogens with zero attached hydrogens (tertiary/aromatic N) is 4. The summed E-state index contributed by atoms with van der Waals surface area (Å²) in [6, 6.07) is 5.53. The van der Waals surface area contributed by atoms with E-state index in [1.807, 2.05) is 19.1 Å². The zero-order valence-electron chi connectivity index (χ0n) is 13.7. The summed E-state index contributed by atoms with van der Waals surface area (Å²) in [4.78, 5) is 14.5. The standard InChI is InChI=1S/C17H21ClN4O/c1-11(2)8-15-19-20-16-10-21(6-7-22(15)16)17(23)13-5-4-12(3)9-14(13)18/h4-5,9,11H,6-8,10H2,1-3H3. The molecule has 1 aromatic carbocycles. The quantitative estimate of drug-likeness (QED) is 0.867. The Kier molecular flexibility index (Phi) is 4.39. The molecule has 1 amide bonds. The third-order valence-electron chi connectivity index (χ3n) is 4.06. The fraction of sp³-hybridized carbons (Fsp3) is 0.471. The van der Waals surface area contributed by atoms with E-state index in [0.29, 0.717) is 29.6 Å². The lowest BCUT2D eigenvalue weighted by atomic mass is 10.1. The number of rotatable bonds is 3. The monoisotopic (exact) mass is 332 g/mol. The molecule has 1 aromatic heterocycles. The maximum atomic E-state index is 12.7. The van der Waals surface area contributed by atoms with Crippen LogP contribution in [0.1, 0.15) is 41.4 Å². The van der Waals surface area contributed by atoms with Crippen LogP contribution in [0.5, 0.6) is 0 Å². The Labute approximate surface area is 141 Å². The number of hydrogen-bond donors (Lipinski definition) is 0. The highest BCUT2D eigenvalue weighted by atomic mass is 35.5. The predicted molar refractivity (Wildman–Crippen MR) is 89.5 cm³/mol. The SMILES string of the molecule is Cc1ccc(C(=O)N2CCn3c(CC(C)C)nnc3C2)c(Cl)c1. The van der Waals surface area contributed by atoms with Gasteiger partial charge in [0.15, 0.2) is 5.82 Å². The minimum atomic E-state index is -0.0466. The molecule has 3 rings (SSSR count). The van der Waals surface area contributed by atoms with Crippen LogP contribution in [0.3, 0.4) is 0 Å². The molecule has 0 fully saturated rings. The molecule has 2 heterocycles. The van der Waals surface area contributed by atoms with E-state index in [0.717, 1.165) is 30.2 Å². The van der Waals surface area contributed by atoms with Gasteiger partial charge >= 0.3 is 0 Å². The molecular formula is C17H21ClN4O. The summed E-state index contributed by atoms with van der Waals surface area (Å²) in [5.74, 6) is 2.35. The van der Waals surface area contributed by atoms with Crippen molar-refractivity contribution in [2.75, 3.05) is 6.54 Å². The van der Waals surface area contributed by atoms with Crippen molar-refractivity contribution in [1.29, 1.82) is 0 Å². The number of aryl methyl sites for hydroxylation is 1. The Hall–Kier alpha value is -1.88. The fourth-order valence-corrected chi connectivity index (χ4v) is 3.19. The molecular weight excluding hydrogens is 312 g/mol. The fourth-order valence-electron chi connectivity index (χ4n) is 2.87. The van der Waals surface area contributed by atoms with Crippen LogP contribution < -0.4 is 0 Å². The molecule has 1 aliphatic rings. The summed E-state index contributed by atoms with van der Waals surface area (Å²) >= 11 is 6.22. The van der Waals surface area contributed by atoms with Crippen molar-refractivity contribution < 1.29 is 4.79 Å². The van der Waals surface area contributed by atoms with Gasteiger partial charge in [-0.15, -0.1) is 10.2 Å². The van der Waals surface area contributed by atoms with Crippen LogP contribution in [-0.4, -0.2) is 32.1 Å². The minimum Gasteiger partial charge on any atom is -0.329 e. The molecule has 0 aliphatic carbocycles. The predicted octanol–water partition coefficient (Wildman–Crippen LogP) is 3.09. The van der Waals surface area contributed by atoms with Crippen LogP contribution in [0, 0.1) is 12.8 Å². The van der Waals surface area contributed by atoms with Crippen LogP contribution in [0.15, 0.2) is 18.2 Å². The third kappa shape index (κ3) is 3.24. The Bertz CT molecular complexity index is 738. The molecule has 0 bridgehead atoms. The molecule has 23 heavy (non-hydrogen) atoms. The molecule has 0 saturated heterocycles. The maximum absolute atomic E-state index is 12.7. The average molecular weight is 333 g/mol. The number of hydrogen-bond acceptors (Lipinski definition) is 3. The van der Waals surface area contributed by atoms with Gasteiger partial charge in [0.05, 0.1) is 17.1 Å². The van der Waals surface area contributed by atoms with Crippen molar-refractivity contribution >= 4 is 17.5 Å². The van der Waals surface area contributed by atoms with Crippen LogP contribution in [0.4, 0.5) is 0 Å². The minimum absolute atomic E-state index is 0.0466. The number of halogens is 1. The zero-order chi connectivity index (χ0) is 16.6. The van der Waals surface area contributed by atoms with Gasteiger partial charge in [0.2, 0.25) is 0 Å². The van der Waals surface area contributed by atoms with Crippen molar-refractivity contribution in [2.45, 2.75) is 40.3 Å². The maximum Gasteiger partial charge on any atom is 0.255 e. The molecule has 0 atom stereocenters. The van der Waals surface area contributed by atoms with Gasteiger partial charge in [-0.3, -0.25) is 4.79 Å². The number of carbonyl (C=O) groups is 1. The molecule has 0 saturated carbocycles. The van der Waals surface area contributed by atoms with Gasteiger partial charge in [-0.05, 0) is 30.5 Å². The molecule has 0 spiro atoms. The molecule has 0 unspecified atom stereocenters. The first-order valence-corrected chi connectivity index (χ1v) is 8.30. The molecule has 122 valence electrons. The topological polar surface area (TPSA) is 51.0 Å². The highest BCUT2D eigenvalue weighted by molar-refractivity contribution is 6.33. The van der Waals surface area contributed by atoms with Gasteiger partial charge in [0.1, 0.15) is 5.82 Å². The second kappa shape index (κ2) is 6.32. The van der Waals surface area contributed by atoms with E-state index >= 15 is 0 Å². The van der Waals surface area contributed by atoms with E-state index < -0.39 is 0 Å². The molecule has 6 heteroatoms. The highest BCUT2D eigenvalue weighted by Crippen LogP contribution is 2.22. The molecule has 0 radical (unpaired) electrons. The van der Waals surface area contributed by atoms with E-state index in [2.05, 4.69) is 28.6 Å². The third-order valence-corrected chi connectivity index (χ3v) is 4.38. The number of carbonyl (C=O) groups excluding carboxylic acids is 1. The Morgan fingerprint density at radius 2 is 2.09 bits per heavy atom. The first-order valence-electron chi connectivity index (χ1n) is 7.92. The number of fused-ring (bicyclic) bond motifs is 1. The Balaban J connectivity index is 1.79. The second-order valence-corrected chi connectivity index (χ2v) is 6.90. The first kappa shape index (κ1) is 16.0. The van der Waals surface area contributed by atoms with Gasteiger partial charge < -0.3 is 9.47 Å². The normalized spacial score (nSPS) is 14.2.